The summed E-state index contributed by atoms with van der Waals surface area (Å²) in [6.45, 7) is 7.30. The highest BCUT2D eigenvalue weighted by Crippen LogP contribution is 2.49. The maximum Gasteiger partial charge on any atom is 0.250 e. The summed E-state index contributed by atoms with van der Waals surface area (Å²) >= 11 is 1.59. The monoisotopic (exact) mass is 556 g/mol. The molecule has 3 aromatic heterocycles. The van der Waals surface area contributed by atoms with Gasteiger partial charge in [0.15, 0.2) is 5.79 Å². The van der Waals surface area contributed by atoms with Gasteiger partial charge in [0.1, 0.15) is 22.4 Å². The number of rotatable bonds is 8. The molecule has 3 aromatic rings. The molecule has 0 bridgehead atoms. The van der Waals surface area contributed by atoms with E-state index >= 15 is 0 Å². The SMILES string of the molecule is Cc1nc(NCC2CC2)nc(N[C@@H]2C[C@H](C(C)(F)F)[C@H]3OC(C)(C)O[C@H]32)c1-c1nc2c(C3CC3)nccc2s1. The first-order chi connectivity index (χ1) is 18.6. The number of nitrogens with one attached hydrogen (secondary N) is 2. The van der Waals surface area contributed by atoms with Crippen molar-refractivity contribution in [1.82, 2.24) is 19.9 Å². The Morgan fingerprint density at radius 1 is 1.10 bits per heavy atom. The molecule has 0 unspecified atom stereocenters. The average Bonchev–Trinajstić information content (AvgIpc) is 3.77. The van der Waals surface area contributed by atoms with E-state index in [2.05, 4.69) is 15.6 Å². The van der Waals surface area contributed by atoms with Crippen LogP contribution in [-0.2, 0) is 9.47 Å². The van der Waals surface area contributed by atoms with E-state index in [0.717, 1.165) is 58.5 Å². The number of aryl methyl sites for hydroxylation is 1. The molecule has 4 atom stereocenters. The molecule has 0 radical (unpaired) electrons. The molecule has 7 rings (SSSR count). The van der Waals surface area contributed by atoms with Gasteiger partial charge in [-0.25, -0.2) is 18.7 Å². The molecule has 3 aliphatic carbocycles. The Labute approximate surface area is 230 Å². The Morgan fingerprint density at radius 3 is 2.59 bits per heavy atom. The molecular formula is C28H34F2N6O2S. The second kappa shape index (κ2) is 9.01. The van der Waals surface area contributed by atoms with Gasteiger partial charge in [-0.3, -0.25) is 4.98 Å². The molecule has 0 spiro atoms. The van der Waals surface area contributed by atoms with Gasteiger partial charge in [-0.2, -0.15) is 4.98 Å². The minimum absolute atomic E-state index is 0.206. The van der Waals surface area contributed by atoms with E-state index < -0.39 is 35.9 Å². The summed E-state index contributed by atoms with van der Waals surface area (Å²) in [5.41, 5.74) is 3.55. The van der Waals surface area contributed by atoms with Crippen molar-refractivity contribution in [3.8, 4) is 10.6 Å². The summed E-state index contributed by atoms with van der Waals surface area (Å²) in [4.78, 5) is 19.3. The van der Waals surface area contributed by atoms with E-state index in [9.17, 15) is 8.78 Å². The number of halogens is 2. The van der Waals surface area contributed by atoms with Crippen LogP contribution in [0, 0.1) is 18.8 Å². The minimum atomic E-state index is -2.90. The Bertz CT molecular complexity index is 1420. The van der Waals surface area contributed by atoms with E-state index in [0.29, 0.717) is 23.6 Å². The number of anilines is 2. The molecule has 4 fully saturated rings. The van der Waals surface area contributed by atoms with Gasteiger partial charge in [-0.15, -0.1) is 11.3 Å². The van der Waals surface area contributed by atoms with E-state index in [1.165, 1.54) is 12.8 Å². The summed E-state index contributed by atoms with van der Waals surface area (Å²) in [5, 5.41) is 7.69. The lowest BCUT2D eigenvalue weighted by molar-refractivity contribution is -0.172. The lowest BCUT2D eigenvalue weighted by Gasteiger charge is -2.27. The van der Waals surface area contributed by atoms with Gasteiger partial charge < -0.3 is 20.1 Å². The fraction of sp³-hybridized carbons (Fsp3) is 0.643. The van der Waals surface area contributed by atoms with Crippen LogP contribution in [0.5, 0.6) is 0 Å². The standard InChI is InChI=1S/C28H34F2N6O2S/c1-13-19(25-35-21-18(39-25)9-10-31-20(21)15-7-8-15)24(36-26(33-13)32-12-14-5-6-14)34-17-11-16(28(4,29)30)22-23(17)38-27(2,3)37-22/h9-10,14-17,22-23H,5-8,11-12H2,1-4H3,(H2,32,33,34,36)/t16-,17+,22+,23-/m0/s1. The molecule has 11 heteroatoms. The second-order valence-corrected chi connectivity index (χ2v) is 13.2. The summed E-state index contributed by atoms with van der Waals surface area (Å²) in [5.74, 6) is -2.56. The number of nitrogens with zero attached hydrogens (tertiary/aromatic N) is 4. The highest BCUT2D eigenvalue weighted by atomic mass is 32.1. The Balaban J connectivity index is 1.28. The zero-order valence-corrected chi connectivity index (χ0v) is 23.4. The first-order valence-electron chi connectivity index (χ1n) is 13.9. The van der Waals surface area contributed by atoms with Crippen LogP contribution in [0.2, 0.25) is 0 Å². The molecule has 39 heavy (non-hydrogen) atoms. The number of thiazole rings is 1. The summed E-state index contributed by atoms with van der Waals surface area (Å²) < 4.78 is 42.6. The number of alkyl halides is 2. The molecule has 4 aliphatic rings. The van der Waals surface area contributed by atoms with E-state index in [1.807, 2.05) is 19.2 Å². The topological polar surface area (TPSA) is 94.1 Å². The number of hydrogen-bond acceptors (Lipinski definition) is 9. The van der Waals surface area contributed by atoms with Gasteiger partial charge in [-0.05, 0) is 71.8 Å². The highest BCUT2D eigenvalue weighted by molar-refractivity contribution is 7.21. The van der Waals surface area contributed by atoms with Crippen LogP contribution in [0.4, 0.5) is 20.5 Å². The Kier molecular flexibility index (Phi) is 5.88. The lowest BCUT2D eigenvalue weighted by atomic mass is 9.98. The van der Waals surface area contributed by atoms with Gasteiger partial charge >= 0.3 is 0 Å². The van der Waals surface area contributed by atoms with E-state index in [1.54, 1.807) is 25.2 Å². The summed E-state index contributed by atoms with van der Waals surface area (Å²) in [6, 6.07) is 1.59. The molecule has 208 valence electrons. The molecule has 8 nitrogen and oxygen atoms in total. The largest absolute Gasteiger partial charge is 0.364 e. The van der Waals surface area contributed by atoms with Crippen LogP contribution >= 0.6 is 11.3 Å². The molecule has 0 amide bonds. The van der Waals surface area contributed by atoms with E-state index in [4.69, 9.17) is 24.4 Å². The van der Waals surface area contributed by atoms with Crippen LogP contribution in [0.15, 0.2) is 12.3 Å². The van der Waals surface area contributed by atoms with Gasteiger partial charge in [0.2, 0.25) is 5.95 Å². The first-order valence-corrected chi connectivity index (χ1v) is 14.8. The van der Waals surface area contributed by atoms with Crippen molar-refractivity contribution in [2.45, 2.75) is 95.7 Å². The zero-order valence-electron chi connectivity index (χ0n) is 22.6. The third-order valence-corrected chi connectivity index (χ3v) is 9.33. The molecule has 2 N–H and O–H groups in total. The van der Waals surface area contributed by atoms with Crippen LogP contribution in [0.25, 0.3) is 20.8 Å². The van der Waals surface area contributed by atoms with Crippen LogP contribution in [-0.4, -0.2) is 56.4 Å². The highest BCUT2D eigenvalue weighted by Gasteiger charge is 2.59. The summed E-state index contributed by atoms with van der Waals surface area (Å²) in [6.07, 6.45) is 5.54. The van der Waals surface area contributed by atoms with Crippen molar-refractivity contribution < 1.29 is 18.3 Å². The van der Waals surface area contributed by atoms with Crippen molar-refractivity contribution >= 4 is 33.3 Å². The van der Waals surface area contributed by atoms with Crippen molar-refractivity contribution in [2.24, 2.45) is 11.8 Å². The molecular weight excluding hydrogens is 522 g/mol. The average molecular weight is 557 g/mol. The Morgan fingerprint density at radius 2 is 1.87 bits per heavy atom. The number of fused-ring (bicyclic) bond motifs is 2. The number of aromatic nitrogens is 4. The van der Waals surface area contributed by atoms with Gasteiger partial charge in [0, 0.05) is 18.7 Å². The van der Waals surface area contributed by atoms with Gasteiger partial charge in [0.05, 0.1) is 39.7 Å². The van der Waals surface area contributed by atoms with Crippen molar-refractivity contribution in [2.75, 3.05) is 17.2 Å². The second-order valence-electron chi connectivity index (χ2n) is 12.1. The quantitative estimate of drug-likeness (QED) is 0.342. The fourth-order valence-corrected chi connectivity index (χ4v) is 7.07. The molecule has 3 saturated carbocycles. The third kappa shape index (κ3) is 4.86. The maximum atomic E-state index is 14.7. The predicted molar refractivity (Wildman–Crippen MR) is 146 cm³/mol. The zero-order chi connectivity index (χ0) is 27.1. The molecule has 1 saturated heterocycles. The number of ether oxygens (including phenoxy) is 2. The fourth-order valence-electron chi connectivity index (χ4n) is 6.00. The predicted octanol–water partition coefficient (Wildman–Crippen LogP) is 6.13. The van der Waals surface area contributed by atoms with Gasteiger partial charge in [-0.1, -0.05) is 0 Å². The third-order valence-electron chi connectivity index (χ3n) is 8.29. The molecule has 0 aromatic carbocycles. The first kappa shape index (κ1) is 25.5. The van der Waals surface area contributed by atoms with Crippen LogP contribution < -0.4 is 10.6 Å². The maximum absolute atomic E-state index is 14.7. The van der Waals surface area contributed by atoms with Crippen molar-refractivity contribution in [1.29, 1.82) is 0 Å². The van der Waals surface area contributed by atoms with E-state index in [-0.39, 0.29) is 6.42 Å². The number of pyridine rings is 1. The van der Waals surface area contributed by atoms with Crippen molar-refractivity contribution in [3.05, 3.63) is 23.7 Å². The smallest absolute Gasteiger partial charge is 0.250 e. The molecule has 1 aliphatic heterocycles. The van der Waals surface area contributed by atoms with Crippen molar-refractivity contribution in [3.63, 3.8) is 0 Å². The summed E-state index contributed by atoms with van der Waals surface area (Å²) in [7, 11) is 0. The molecule has 4 heterocycles. The lowest BCUT2D eigenvalue weighted by Crippen LogP contribution is -2.36. The normalized spacial score (nSPS) is 28.2. The van der Waals surface area contributed by atoms with Gasteiger partial charge in [0.25, 0.3) is 5.92 Å². The minimum Gasteiger partial charge on any atom is -0.364 e. The Hall–Kier alpha value is -2.50. The number of hydrogen-bond donors (Lipinski definition) is 2. The van der Waals surface area contributed by atoms with Crippen LogP contribution in [0.1, 0.15) is 70.2 Å². The van der Waals surface area contributed by atoms with Crippen LogP contribution in [0.3, 0.4) is 0 Å².